The number of aromatic nitrogens is 5. The van der Waals surface area contributed by atoms with Gasteiger partial charge < -0.3 is 0 Å². The molecular formula is C7H10N6O2S. The van der Waals surface area contributed by atoms with Crippen molar-refractivity contribution in [3.63, 3.8) is 0 Å². The maximum absolute atomic E-state index is 11.1. The minimum Gasteiger partial charge on any atom is -0.300 e. The van der Waals surface area contributed by atoms with Gasteiger partial charge in [0.15, 0.2) is 5.82 Å². The predicted octanol–water partition coefficient (Wildman–Crippen LogP) is -1.14. The summed E-state index contributed by atoms with van der Waals surface area (Å²) < 4.78 is 25.2. The van der Waals surface area contributed by atoms with Gasteiger partial charge in [0.2, 0.25) is 0 Å². The fraction of sp³-hybridized carbons (Fsp3) is 0.286. The van der Waals surface area contributed by atoms with Gasteiger partial charge in [-0.2, -0.15) is 5.10 Å². The fourth-order valence-corrected chi connectivity index (χ4v) is 1.97. The van der Waals surface area contributed by atoms with Crippen molar-refractivity contribution in [2.75, 3.05) is 0 Å². The molecule has 0 fully saturated rings. The number of primary sulfonamides is 1. The first-order valence-electron chi connectivity index (χ1n) is 4.31. The molecule has 0 unspecified atom stereocenters. The van der Waals surface area contributed by atoms with Crippen molar-refractivity contribution in [2.24, 2.45) is 19.2 Å². The molecule has 0 amide bonds. The molecule has 9 heteroatoms. The summed E-state index contributed by atoms with van der Waals surface area (Å²) in [4.78, 5) is 0. The maximum atomic E-state index is 11.1. The van der Waals surface area contributed by atoms with Crippen LogP contribution in [0.4, 0.5) is 0 Å². The first-order valence-corrected chi connectivity index (χ1v) is 5.85. The molecule has 0 spiro atoms. The highest BCUT2D eigenvalue weighted by Gasteiger charge is 2.19. The van der Waals surface area contributed by atoms with Crippen molar-refractivity contribution < 1.29 is 8.42 Å². The van der Waals surface area contributed by atoms with E-state index < -0.39 is 10.0 Å². The summed E-state index contributed by atoms with van der Waals surface area (Å²) in [7, 11) is -0.571. The molecule has 16 heavy (non-hydrogen) atoms. The number of hydrogen-bond acceptors (Lipinski definition) is 5. The van der Waals surface area contributed by atoms with Crippen LogP contribution < -0.4 is 5.14 Å². The van der Waals surface area contributed by atoms with Crippen LogP contribution in [0.3, 0.4) is 0 Å². The van der Waals surface area contributed by atoms with Crippen LogP contribution in [0, 0.1) is 0 Å². The van der Waals surface area contributed by atoms with Gasteiger partial charge in [-0.1, -0.05) is 0 Å². The Kier molecular flexibility index (Phi) is 2.28. The van der Waals surface area contributed by atoms with E-state index in [1.54, 1.807) is 24.1 Å². The van der Waals surface area contributed by atoms with E-state index in [2.05, 4.69) is 15.3 Å². The maximum Gasteiger partial charge on any atom is 0.273 e. The molecular weight excluding hydrogens is 232 g/mol. The number of rotatable bonds is 2. The molecule has 0 aliphatic heterocycles. The Bertz CT molecular complexity index is 625. The third kappa shape index (κ3) is 1.70. The number of aryl methyl sites for hydroxylation is 1. The van der Waals surface area contributed by atoms with Crippen molar-refractivity contribution in [1.82, 2.24) is 24.5 Å². The van der Waals surface area contributed by atoms with Crippen LogP contribution in [-0.4, -0.2) is 33.0 Å². The van der Waals surface area contributed by atoms with E-state index in [4.69, 9.17) is 5.14 Å². The molecule has 0 saturated carbocycles. The van der Waals surface area contributed by atoms with Gasteiger partial charge in [-0.3, -0.25) is 9.25 Å². The third-order valence-corrected chi connectivity index (χ3v) is 2.92. The summed E-state index contributed by atoms with van der Waals surface area (Å²) in [6.07, 6.45) is 3.27. The lowest BCUT2D eigenvalue weighted by Crippen LogP contribution is -2.17. The van der Waals surface area contributed by atoms with Crippen LogP contribution in [0.5, 0.6) is 0 Å². The Balaban J connectivity index is 2.58. The van der Waals surface area contributed by atoms with Crippen molar-refractivity contribution in [2.45, 2.75) is 5.16 Å². The summed E-state index contributed by atoms with van der Waals surface area (Å²) in [5.41, 5.74) is 0.674. The molecule has 0 aromatic carbocycles. The summed E-state index contributed by atoms with van der Waals surface area (Å²) in [5.74, 6) is 0.400. The molecule has 2 aromatic rings. The molecule has 2 rings (SSSR count). The summed E-state index contributed by atoms with van der Waals surface area (Å²) in [6, 6.07) is 0. The molecule has 0 radical (unpaired) electrons. The monoisotopic (exact) mass is 242 g/mol. The zero-order chi connectivity index (χ0) is 11.9. The van der Waals surface area contributed by atoms with E-state index in [-0.39, 0.29) is 5.16 Å². The fourth-order valence-electron chi connectivity index (χ4n) is 1.35. The Morgan fingerprint density at radius 2 is 2.00 bits per heavy atom. The first-order chi connectivity index (χ1) is 7.39. The normalized spacial score (nSPS) is 11.9. The van der Waals surface area contributed by atoms with E-state index in [9.17, 15) is 8.42 Å². The van der Waals surface area contributed by atoms with Crippen LogP contribution in [0.15, 0.2) is 17.6 Å². The molecule has 2 aromatic heterocycles. The van der Waals surface area contributed by atoms with Gasteiger partial charge in [0, 0.05) is 20.3 Å². The summed E-state index contributed by atoms with van der Waals surface area (Å²) in [6.45, 7) is 0. The second kappa shape index (κ2) is 3.39. The van der Waals surface area contributed by atoms with Crippen LogP contribution in [-0.2, 0) is 24.1 Å². The molecule has 2 N–H and O–H groups in total. The summed E-state index contributed by atoms with van der Waals surface area (Å²) in [5, 5.41) is 16.0. The van der Waals surface area contributed by atoms with E-state index in [1.807, 2.05) is 0 Å². The zero-order valence-corrected chi connectivity index (χ0v) is 9.51. The Morgan fingerprint density at radius 3 is 2.44 bits per heavy atom. The lowest BCUT2D eigenvalue weighted by atomic mass is 10.3. The first kappa shape index (κ1) is 10.8. The molecule has 0 atom stereocenters. The van der Waals surface area contributed by atoms with Crippen molar-refractivity contribution in [3.8, 4) is 11.4 Å². The van der Waals surface area contributed by atoms with Crippen LogP contribution in [0.1, 0.15) is 0 Å². The molecule has 86 valence electrons. The van der Waals surface area contributed by atoms with Gasteiger partial charge in [0.1, 0.15) is 0 Å². The standard InChI is InChI=1S/C7H10N6O2S/c1-12-4-5(3-9-12)6-10-11-7(13(6)2)16(8,14)15/h3-4H,1-2H3,(H2,8,14,15). The highest BCUT2D eigenvalue weighted by molar-refractivity contribution is 7.89. The molecule has 0 aliphatic rings. The average molecular weight is 242 g/mol. The zero-order valence-electron chi connectivity index (χ0n) is 8.69. The minimum atomic E-state index is -3.85. The second-order valence-electron chi connectivity index (χ2n) is 3.31. The molecule has 0 saturated heterocycles. The van der Waals surface area contributed by atoms with Gasteiger partial charge in [0.25, 0.3) is 15.2 Å². The molecule has 0 aliphatic carbocycles. The molecule has 8 nitrogen and oxygen atoms in total. The molecule has 0 bridgehead atoms. The van der Waals surface area contributed by atoms with E-state index in [0.29, 0.717) is 11.4 Å². The number of hydrogen-bond donors (Lipinski definition) is 1. The Morgan fingerprint density at radius 1 is 1.31 bits per heavy atom. The minimum absolute atomic E-state index is 0.272. The van der Waals surface area contributed by atoms with E-state index >= 15 is 0 Å². The van der Waals surface area contributed by atoms with Gasteiger partial charge in [-0.05, 0) is 0 Å². The highest BCUT2D eigenvalue weighted by atomic mass is 32.2. The third-order valence-electron chi connectivity index (χ3n) is 2.05. The van der Waals surface area contributed by atoms with Crippen LogP contribution in [0.2, 0.25) is 0 Å². The summed E-state index contributed by atoms with van der Waals surface area (Å²) >= 11 is 0. The number of nitrogens with zero attached hydrogens (tertiary/aromatic N) is 5. The number of sulfonamides is 1. The van der Waals surface area contributed by atoms with Gasteiger partial charge in [-0.25, -0.2) is 13.6 Å². The quantitative estimate of drug-likeness (QED) is 0.716. The van der Waals surface area contributed by atoms with Gasteiger partial charge >= 0.3 is 0 Å². The lowest BCUT2D eigenvalue weighted by molar-refractivity contribution is 0.580. The molecule has 2 heterocycles. The van der Waals surface area contributed by atoms with Gasteiger partial charge in [0.05, 0.1) is 11.8 Å². The lowest BCUT2D eigenvalue weighted by Gasteiger charge is -1.99. The van der Waals surface area contributed by atoms with Gasteiger partial charge in [-0.15, -0.1) is 10.2 Å². The Hall–Kier alpha value is -1.74. The Labute approximate surface area is 91.8 Å². The van der Waals surface area contributed by atoms with Crippen LogP contribution >= 0.6 is 0 Å². The largest absolute Gasteiger partial charge is 0.300 e. The van der Waals surface area contributed by atoms with Crippen molar-refractivity contribution in [1.29, 1.82) is 0 Å². The SMILES string of the molecule is Cn1cc(-c2nnc(S(N)(=O)=O)n2C)cn1. The second-order valence-corrected chi connectivity index (χ2v) is 4.77. The average Bonchev–Trinajstić information content (AvgIpc) is 2.70. The van der Waals surface area contributed by atoms with Crippen molar-refractivity contribution >= 4 is 10.0 Å². The van der Waals surface area contributed by atoms with E-state index in [0.717, 1.165) is 0 Å². The van der Waals surface area contributed by atoms with E-state index in [1.165, 1.54) is 11.6 Å². The van der Waals surface area contributed by atoms with Crippen LogP contribution in [0.25, 0.3) is 11.4 Å². The predicted molar refractivity (Wildman–Crippen MR) is 54.6 cm³/mol. The van der Waals surface area contributed by atoms with Crippen molar-refractivity contribution in [3.05, 3.63) is 12.4 Å². The number of nitrogens with two attached hydrogens (primary N) is 1. The highest BCUT2D eigenvalue weighted by Crippen LogP contribution is 2.17. The topological polar surface area (TPSA) is 109 Å². The smallest absolute Gasteiger partial charge is 0.273 e.